The fourth-order valence-corrected chi connectivity index (χ4v) is 1.27. The van der Waals surface area contributed by atoms with Gasteiger partial charge in [0.2, 0.25) is 0 Å². The van der Waals surface area contributed by atoms with Gasteiger partial charge in [0.05, 0.1) is 0 Å². The van der Waals surface area contributed by atoms with Crippen LogP contribution < -0.4 is 11.1 Å². The third-order valence-corrected chi connectivity index (χ3v) is 2.06. The second-order valence-corrected chi connectivity index (χ2v) is 3.72. The highest BCUT2D eigenvalue weighted by molar-refractivity contribution is 8.12. The van der Waals surface area contributed by atoms with E-state index in [2.05, 4.69) is 12.1 Å². The molecule has 0 fully saturated rings. The Morgan fingerprint density at radius 2 is 1.62 bits per heavy atom. The minimum atomic E-state index is -6.00. The van der Waals surface area contributed by atoms with Gasteiger partial charge in [-0.25, -0.2) is 0 Å². The summed E-state index contributed by atoms with van der Waals surface area (Å²) in [6.45, 7) is 0. The van der Waals surface area contributed by atoms with Crippen LogP contribution in [0.1, 0.15) is 5.56 Å². The Balaban J connectivity index is 0.000000385. The fraction of sp³-hybridized carbons (Fsp3) is 0.125. The average Bonchev–Trinajstić information content (AvgIpc) is 2.14. The third kappa shape index (κ3) is 12.8. The lowest BCUT2D eigenvalue weighted by Crippen LogP contribution is -2.43. The molecule has 0 heterocycles. The van der Waals surface area contributed by atoms with Crippen molar-refractivity contribution in [1.29, 1.82) is 0 Å². The highest BCUT2D eigenvalue weighted by Gasteiger charge is 2.20. The number of amidine groups is 1. The van der Waals surface area contributed by atoms with Crippen LogP contribution in [0.2, 0.25) is 0 Å². The summed E-state index contributed by atoms with van der Waals surface area (Å²) in [5, 5.41) is 5.72. The van der Waals surface area contributed by atoms with Gasteiger partial charge in [-0.3, -0.25) is 11.1 Å². The van der Waals surface area contributed by atoms with Gasteiger partial charge in [0.15, 0.2) is 0 Å². The molecule has 0 bridgehead atoms. The van der Waals surface area contributed by atoms with Gasteiger partial charge in [0.1, 0.15) is 0 Å². The summed E-state index contributed by atoms with van der Waals surface area (Å²) in [6.07, 6.45) is 0. The standard InChI is InChI=1S/C8H10N2S.BF4/c9-8(10)11-6-7-4-2-1-3-5-7;2-1(3,4)5/h1-5H,6H2,(H3,9,10);/q;-1/p+1. The molecule has 90 valence electrons. The maximum Gasteiger partial charge on any atom is 0.673 e. The van der Waals surface area contributed by atoms with Crippen LogP contribution in [0.4, 0.5) is 17.3 Å². The zero-order chi connectivity index (χ0) is 12.6. The molecule has 0 aromatic heterocycles. The average molecular weight is 254 g/mol. The van der Waals surface area contributed by atoms with Gasteiger partial charge >= 0.3 is 7.25 Å². The van der Waals surface area contributed by atoms with Crippen molar-refractivity contribution in [3.05, 3.63) is 35.9 Å². The van der Waals surface area contributed by atoms with Gasteiger partial charge in [-0.15, -0.1) is 0 Å². The van der Waals surface area contributed by atoms with E-state index in [9.17, 15) is 17.3 Å². The molecule has 0 aliphatic carbocycles. The molecule has 0 aliphatic rings. The first-order valence-electron chi connectivity index (χ1n) is 4.21. The van der Waals surface area contributed by atoms with Crippen molar-refractivity contribution in [2.24, 2.45) is 5.73 Å². The summed E-state index contributed by atoms with van der Waals surface area (Å²) in [5.74, 6) is 0.850. The molecule has 0 spiro atoms. The highest BCUT2D eigenvalue weighted by atomic mass is 32.2. The first-order valence-corrected chi connectivity index (χ1v) is 5.19. The predicted molar refractivity (Wildman–Crippen MR) is 59.0 cm³/mol. The van der Waals surface area contributed by atoms with Crippen molar-refractivity contribution in [2.75, 3.05) is 0 Å². The first-order chi connectivity index (χ1) is 7.29. The fourth-order valence-electron chi connectivity index (χ4n) is 0.741. The van der Waals surface area contributed by atoms with E-state index in [1.807, 2.05) is 18.2 Å². The van der Waals surface area contributed by atoms with Crippen LogP contribution in [0.3, 0.4) is 0 Å². The maximum absolute atomic E-state index is 9.75. The third-order valence-electron chi connectivity index (χ3n) is 1.25. The summed E-state index contributed by atoms with van der Waals surface area (Å²) in [7, 11) is -6.00. The molecule has 0 saturated carbocycles. The molecule has 4 N–H and O–H groups in total. The molecule has 0 aliphatic heterocycles. The van der Waals surface area contributed by atoms with E-state index in [1.54, 1.807) is 0 Å². The number of thioether (sulfide) groups is 1. The Bertz CT molecular complexity index is 312. The Morgan fingerprint density at radius 3 is 2.00 bits per heavy atom. The zero-order valence-corrected chi connectivity index (χ0v) is 9.06. The van der Waals surface area contributed by atoms with Gasteiger partial charge in [-0.2, -0.15) is 0 Å². The van der Waals surface area contributed by atoms with Crippen LogP contribution in [0, 0.1) is 0 Å². The van der Waals surface area contributed by atoms with Crippen LogP contribution in [-0.4, -0.2) is 12.4 Å². The Hall–Kier alpha value is -1.18. The first kappa shape index (κ1) is 14.8. The van der Waals surface area contributed by atoms with Crippen LogP contribution in [0.5, 0.6) is 0 Å². The molecule has 8 heteroatoms. The maximum atomic E-state index is 9.75. The Kier molecular flexibility index (Phi) is 6.63. The summed E-state index contributed by atoms with van der Waals surface area (Å²) < 4.78 is 39.0. The van der Waals surface area contributed by atoms with Crippen molar-refractivity contribution in [2.45, 2.75) is 5.75 Å². The van der Waals surface area contributed by atoms with Crippen molar-refractivity contribution in [3.63, 3.8) is 0 Å². The van der Waals surface area contributed by atoms with E-state index in [-0.39, 0.29) is 0 Å². The predicted octanol–water partition coefficient (Wildman–Crippen LogP) is 1.29. The normalized spacial score (nSPS) is 10.2. The lowest BCUT2D eigenvalue weighted by atomic mass is 10.2. The second-order valence-electron chi connectivity index (χ2n) is 2.67. The number of hydrogen-bond acceptors (Lipinski definition) is 1. The summed E-state index contributed by atoms with van der Waals surface area (Å²) >= 11 is 1.46. The quantitative estimate of drug-likeness (QED) is 0.361. The van der Waals surface area contributed by atoms with E-state index in [0.717, 1.165) is 5.75 Å². The van der Waals surface area contributed by atoms with Gasteiger partial charge in [-0.1, -0.05) is 30.3 Å². The van der Waals surface area contributed by atoms with E-state index >= 15 is 0 Å². The number of halogens is 4. The SMILES string of the molecule is F[B-](F)(F)F.NC(=[NH2+])SCc1ccccc1. The lowest BCUT2D eigenvalue weighted by Gasteiger charge is -1.94. The van der Waals surface area contributed by atoms with E-state index < -0.39 is 7.25 Å². The van der Waals surface area contributed by atoms with E-state index in [0.29, 0.717) is 5.17 Å². The number of nitrogens with two attached hydrogens (primary N) is 2. The molecule has 0 unspecified atom stereocenters. The van der Waals surface area contributed by atoms with Crippen molar-refractivity contribution in [1.82, 2.24) is 0 Å². The smallest absolute Gasteiger partial charge is 0.418 e. The van der Waals surface area contributed by atoms with Crippen LogP contribution in [-0.2, 0) is 5.75 Å². The van der Waals surface area contributed by atoms with Crippen LogP contribution in [0.25, 0.3) is 0 Å². The summed E-state index contributed by atoms with van der Waals surface area (Å²) in [4.78, 5) is 0. The van der Waals surface area contributed by atoms with E-state index in [1.165, 1.54) is 17.3 Å². The van der Waals surface area contributed by atoms with Crippen molar-refractivity contribution >= 4 is 24.2 Å². The topological polar surface area (TPSA) is 51.6 Å². The van der Waals surface area contributed by atoms with Gasteiger partial charge in [0.25, 0.3) is 5.17 Å². The Morgan fingerprint density at radius 1 is 1.19 bits per heavy atom. The van der Waals surface area contributed by atoms with E-state index in [4.69, 9.17) is 11.1 Å². The summed E-state index contributed by atoms with van der Waals surface area (Å²) in [6, 6.07) is 10.1. The zero-order valence-electron chi connectivity index (χ0n) is 8.25. The van der Waals surface area contributed by atoms with Crippen LogP contribution >= 0.6 is 11.8 Å². The molecule has 2 nitrogen and oxygen atoms in total. The molecule has 0 saturated heterocycles. The van der Waals surface area contributed by atoms with Crippen molar-refractivity contribution in [3.8, 4) is 0 Å². The molecule has 0 amide bonds. The molecule has 1 aromatic rings. The minimum Gasteiger partial charge on any atom is -0.418 e. The minimum absolute atomic E-state index is 0.425. The molecule has 1 aromatic carbocycles. The Labute approximate surface area is 94.8 Å². The molecular weight excluding hydrogens is 243 g/mol. The highest BCUT2D eigenvalue weighted by Crippen LogP contribution is 2.09. The molecule has 1 rings (SSSR count). The molecular formula is C8H11BF4N2S. The largest absolute Gasteiger partial charge is 0.673 e. The second kappa shape index (κ2) is 7.16. The lowest BCUT2D eigenvalue weighted by molar-refractivity contribution is -0.110. The van der Waals surface area contributed by atoms with Gasteiger partial charge in [-0.05, 0) is 17.3 Å². The molecule has 0 atom stereocenters. The monoisotopic (exact) mass is 254 g/mol. The molecule has 16 heavy (non-hydrogen) atoms. The molecule has 0 radical (unpaired) electrons. The van der Waals surface area contributed by atoms with Gasteiger partial charge in [0, 0.05) is 5.75 Å². The van der Waals surface area contributed by atoms with Gasteiger partial charge < -0.3 is 17.3 Å². The number of benzene rings is 1. The number of hydrogen-bond donors (Lipinski definition) is 2. The number of rotatable bonds is 2. The van der Waals surface area contributed by atoms with Crippen LogP contribution in [0.15, 0.2) is 30.3 Å². The summed E-state index contributed by atoms with van der Waals surface area (Å²) in [5.41, 5.74) is 6.54. The van der Waals surface area contributed by atoms with Crippen molar-refractivity contribution < 1.29 is 22.7 Å².